The summed E-state index contributed by atoms with van der Waals surface area (Å²) in [6, 6.07) is 6.16. The summed E-state index contributed by atoms with van der Waals surface area (Å²) in [4.78, 5) is 25.4. The molecule has 0 radical (unpaired) electrons. The number of pyridine rings is 1. The molecule has 2 aromatic rings. The minimum absolute atomic E-state index is 0.0117. The molecule has 0 aliphatic heterocycles. The zero-order valence-corrected chi connectivity index (χ0v) is 10.8. The molecule has 1 amide bonds. The molecule has 0 bridgehead atoms. The van der Waals surface area contributed by atoms with E-state index in [2.05, 4.69) is 10.3 Å². The van der Waals surface area contributed by atoms with Crippen LogP contribution in [-0.4, -0.2) is 29.0 Å². The molecule has 0 unspecified atom stereocenters. The Morgan fingerprint density at radius 2 is 2.25 bits per heavy atom. The van der Waals surface area contributed by atoms with Gasteiger partial charge in [-0.2, -0.15) is 0 Å². The molecule has 20 heavy (non-hydrogen) atoms. The van der Waals surface area contributed by atoms with Crippen molar-refractivity contribution in [1.29, 1.82) is 0 Å². The van der Waals surface area contributed by atoms with E-state index < -0.39 is 4.92 Å². The Hall–Kier alpha value is -2.70. The fourth-order valence-electron chi connectivity index (χ4n) is 1.80. The van der Waals surface area contributed by atoms with E-state index in [9.17, 15) is 14.9 Å². The summed E-state index contributed by atoms with van der Waals surface area (Å²) in [6.45, 7) is 2.05. The predicted molar refractivity (Wildman–Crippen MR) is 72.6 cm³/mol. The van der Waals surface area contributed by atoms with Gasteiger partial charge in [0.2, 0.25) is 5.91 Å². The second kappa shape index (κ2) is 5.96. The molecule has 2 rings (SSSR count). The Balaban J connectivity index is 2.24. The van der Waals surface area contributed by atoms with Gasteiger partial charge < -0.3 is 10.1 Å². The Bertz CT molecular complexity index is 657. The summed E-state index contributed by atoms with van der Waals surface area (Å²) >= 11 is 0. The number of hydrogen-bond donors (Lipinski definition) is 1. The normalized spacial score (nSPS) is 10.2. The standard InChI is InChI=1S/C13H13N3O4/c1-9(17)14-7-8-20-12-5-4-11(16(18)19)10-3-2-6-15-13(10)12/h2-6H,7-8H2,1H3,(H,14,17). The van der Waals surface area contributed by atoms with Crippen molar-refractivity contribution in [2.24, 2.45) is 0 Å². The van der Waals surface area contributed by atoms with Crippen LogP contribution in [0.5, 0.6) is 5.75 Å². The second-order valence-electron chi connectivity index (χ2n) is 4.07. The number of benzene rings is 1. The molecule has 1 N–H and O–H groups in total. The summed E-state index contributed by atoms with van der Waals surface area (Å²) in [5.74, 6) is 0.317. The first kappa shape index (κ1) is 13.7. The molecule has 7 heteroatoms. The van der Waals surface area contributed by atoms with E-state index >= 15 is 0 Å². The van der Waals surface area contributed by atoms with Crippen molar-refractivity contribution in [3.05, 3.63) is 40.6 Å². The van der Waals surface area contributed by atoms with E-state index in [1.54, 1.807) is 18.3 Å². The number of aromatic nitrogens is 1. The number of nitro groups is 1. The van der Waals surface area contributed by atoms with Gasteiger partial charge >= 0.3 is 0 Å². The van der Waals surface area contributed by atoms with E-state index in [0.29, 0.717) is 23.2 Å². The highest BCUT2D eigenvalue weighted by molar-refractivity contribution is 5.92. The molecular weight excluding hydrogens is 262 g/mol. The van der Waals surface area contributed by atoms with E-state index in [4.69, 9.17) is 4.74 Å². The van der Waals surface area contributed by atoms with E-state index in [-0.39, 0.29) is 18.2 Å². The Labute approximate surface area is 114 Å². The molecule has 0 fully saturated rings. The van der Waals surface area contributed by atoms with Gasteiger partial charge in [0.05, 0.1) is 16.9 Å². The van der Waals surface area contributed by atoms with Gasteiger partial charge in [0.25, 0.3) is 5.69 Å². The van der Waals surface area contributed by atoms with Crippen molar-refractivity contribution in [3.8, 4) is 5.75 Å². The van der Waals surface area contributed by atoms with Crippen LogP contribution in [0.3, 0.4) is 0 Å². The van der Waals surface area contributed by atoms with Gasteiger partial charge in [0.1, 0.15) is 17.9 Å². The lowest BCUT2D eigenvalue weighted by atomic mass is 10.1. The van der Waals surface area contributed by atoms with Gasteiger partial charge in [0, 0.05) is 19.2 Å². The molecule has 0 aliphatic rings. The summed E-state index contributed by atoms with van der Waals surface area (Å²) in [5.41, 5.74) is 0.423. The zero-order chi connectivity index (χ0) is 14.5. The molecular formula is C13H13N3O4. The minimum Gasteiger partial charge on any atom is -0.489 e. The Morgan fingerprint density at radius 1 is 1.45 bits per heavy atom. The van der Waals surface area contributed by atoms with Crippen molar-refractivity contribution < 1.29 is 14.5 Å². The first-order chi connectivity index (χ1) is 9.59. The topological polar surface area (TPSA) is 94.4 Å². The smallest absolute Gasteiger partial charge is 0.279 e. The first-order valence-electron chi connectivity index (χ1n) is 5.99. The molecule has 7 nitrogen and oxygen atoms in total. The molecule has 0 atom stereocenters. The molecule has 0 aliphatic carbocycles. The highest BCUT2D eigenvalue weighted by Gasteiger charge is 2.15. The molecule has 0 saturated heterocycles. The van der Waals surface area contributed by atoms with Gasteiger partial charge in [-0.3, -0.25) is 19.9 Å². The summed E-state index contributed by atoms with van der Waals surface area (Å²) in [7, 11) is 0. The number of carbonyl (C=O) groups is 1. The number of nitrogens with one attached hydrogen (secondary N) is 1. The van der Waals surface area contributed by atoms with Crippen LogP contribution in [0.2, 0.25) is 0 Å². The SMILES string of the molecule is CC(=O)NCCOc1ccc([N+](=O)[O-])c2cccnc12. The molecule has 104 valence electrons. The molecule has 1 aromatic heterocycles. The Kier molecular flexibility index (Phi) is 4.09. The average molecular weight is 275 g/mol. The van der Waals surface area contributed by atoms with Crippen LogP contribution < -0.4 is 10.1 Å². The third-order valence-electron chi connectivity index (χ3n) is 2.64. The van der Waals surface area contributed by atoms with Gasteiger partial charge in [-0.05, 0) is 18.2 Å². The lowest BCUT2D eigenvalue weighted by Gasteiger charge is -2.09. The quantitative estimate of drug-likeness (QED) is 0.508. The van der Waals surface area contributed by atoms with E-state index in [1.165, 1.54) is 19.1 Å². The number of non-ortho nitro benzene ring substituents is 1. The van der Waals surface area contributed by atoms with Gasteiger partial charge in [-0.15, -0.1) is 0 Å². The average Bonchev–Trinajstić information content (AvgIpc) is 2.43. The first-order valence-corrected chi connectivity index (χ1v) is 5.99. The van der Waals surface area contributed by atoms with Crippen molar-refractivity contribution in [2.75, 3.05) is 13.2 Å². The predicted octanol–water partition coefficient (Wildman–Crippen LogP) is 1.66. The summed E-state index contributed by atoms with van der Waals surface area (Å²) < 4.78 is 5.50. The van der Waals surface area contributed by atoms with Crippen LogP contribution in [0.1, 0.15) is 6.92 Å². The third kappa shape index (κ3) is 3.00. The number of amides is 1. The minimum atomic E-state index is -0.453. The van der Waals surface area contributed by atoms with Gasteiger partial charge in [0.15, 0.2) is 0 Å². The third-order valence-corrected chi connectivity index (χ3v) is 2.64. The number of fused-ring (bicyclic) bond motifs is 1. The molecule has 1 aromatic carbocycles. The fraction of sp³-hybridized carbons (Fsp3) is 0.231. The van der Waals surface area contributed by atoms with Crippen LogP contribution in [0.4, 0.5) is 5.69 Å². The highest BCUT2D eigenvalue weighted by Crippen LogP contribution is 2.30. The molecule has 1 heterocycles. The van der Waals surface area contributed by atoms with Crippen molar-refractivity contribution in [2.45, 2.75) is 6.92 Å². The number of hydrogen-bond acceptors (Lipinski definition) is 5. The number of rotatable bonds is 5. The van der Waals surface area contributed by atoms with E-state index in [0.717, 1.165) is 0 Å². The lowest BCUT2D eigenvalue weighted by Crippen LogP contribution is -2.25. The maximum absolute atomic E-state index is 11.0. The van der Waals surface area contributed by atoms with Crippen molar-refractivity contribution >= 4 is 22.5 Å². The molecule has 0 saturated carbocycles. The van der Waals surface area contributed by atoms with Crippen LogP contribution in [-0.2, 0) is 4.79 Å². The second-order valence-corrected chi connectivity index (χ2v) is 4.07. The van der Waals surface area contributed by atoms with Crippen LogP contribution in [0, 0.1) is 10.1 Å². The van der Waals surface area contributed by atoms with Crippen molar-refractivity contribution in [1.82, 2.24) is 10.3 Å². The zero-order valence-electron chi connectivity index (χ0n) is 10.8. The maximum Gasteiger partial charge on any atom is 0.279 e. The number of nitro benzene ring substituents is 1. The Morgan fingerprint density at radius 3 is 2.95 bits per heavy atom. The van der Waals surface area contributed by atoms with Crippen LogP contribution >= 0.6 is 0 Å². The summed E-state index contributed by atoms with van der Waals surface area (Å²) in [6.07, 6.45) is 1.55. The number of nitrogens with zero attached hydrogens (tertiary/aromatic N) is 2. The van der Waals surface area contributed by atoms with Crippen LogP contribution in [0.25, 0.3) is 10.9 Å². The lowest BCUT2D eigenvalue weighted by molar-refractivity contribution is -0.383. The highest BCUT2D eigenvalue weighted by atomic mass is 16.6. The van der Waals surface area contributed by atoms with Gasteiger partial charge in [-0.1, -0.05) is 0 Å². The maximum atomic E-state index is 11.0. The van der Waals surface area contributed by atoms with E-state index in [1.807, 2.05) is 0 Å². The van der Waals surface area contributed by atoms with Crippen LogP contribution in [0.15, 0.2) is 30.5 Å². The molecule has 0 spiro atoms. The number of ether oxygens (including phenoxy) is 1. The van der Waals surface area contributed by atoms with Crippen molar-refractivity contribution in [3.63, 3.8) is 0 Å². The van der Waals surface area contributed by atoms with Gasteiger partial charge in [-0.25, -0.2) is 0 Å². The fourth-order valence-corrected chi connectivity index (χ4v) is 1.80. The largest absolute Gasteiger partial charge is 0.489 e. The summed E-state index contributed by atoms with van der Waals surface area (Å²) in [5, 5.41) is 14.0. The number of carbonyl (C=O) groups excluding carboxylic acids is 1. The monoisotopic (exact) mass is 275 g/mol.